The minimum Gasteiger partial charge on any atom is -0.453 e. The highest BCUT2D eigenvalue weighted by molar-refractivity contribution is 5.38. The van der Waals surface area contributed by atoms with Crippen molar-refractivity contribution in [3.8, 4) is 0 Å². The van der Waals surface area contributed by atoms with Gasteiger partial charge in [-0.05, 0) is 18.9 Å². The molecule has 0 amide bonds. The molecule has 0 aromatic rings. The van der Waals surface area contributed by atoms with Gasteiger partial charge < -0.3 is 4.74 Å². The largest absolute Gasteiger partial charge is 0.453 e. The first-order valence-corrected chi connectivity index (χ1v) is 2.98. The SMILES string of the molecule is CC=C(CC)CO[C]=O. The maximum absolute atomic E-state index is 9.57. The zero-order valence-corrected chi connectivity index (χ0v) is 5.81. The molecule has 2 heteroatoms. The van der Waals surface area contributed by atoms with E-state index in [2.05, 4.69) is 4.74 Å². The molecule has 0 bridgehead atoms. The van der Waals surface area contributed by atoms with Gasteiger partial charge in [-0.2, -0.15) is 0 Å². The van der Waals surface area contributed by atoms with E-state index in [0.29, 0.717) is 6.61 Å². The molecule has 0 heterocycles. The molecular weight excluding hydrogens is 116 g/mol. The normalized spacial score (nSPS) is 11.1. The Morgan fingerprint density at radius 2 is 2.44 bits per heavy atom. The summed E-state index contributed by atoms with van der Waals surface area (Å²) in [6.07, 6.45) is 2.87. The van der Waals surface area contributed by atoms with Crippen LogP contribution in [0.1, 0.15) is 20.3 Å². The van der Waals surface area contributed by atoms with Crippen molar-refractivity contribution < 1.29 is 9.53 Å². The van der Waals surface area contributed by atoms with Crippen LogP contribution in [0.2, 0.25) is 0 Å². The van der Waals surface area contributed by atoms with E-state index in [0.717, 1.165) is 12.0 Å². The number of rotatable bonds is 4. The molecule has 51 valence electrons. The van der Waals surface area contributed by atoms with E-state index in [1.807, 2.05) is 19.9 Å². The molecule has 0 saturated carbocycles. The van der Waals surface area contributed by atoms with Crippen LogP contribution < -0.4 is 0 Å². The van der Waals surface area contributed by atoms with E-state index in [1.54, 1.807) is 0 Å². The van der Waals surface area contributed by atoms with Crippen molar-refractivity contribution in [2.75, 3.05) is 6.61 Å². The number of hydrogen-bond acceptors (Lipinski definition) is 2. The average molecular weight is 127 g/mol. The van der Waals surface area contributed by atoms with Gasteiger partial charge in [0.25, 0.3) is 0 Å². The Kier molecular flexibility index (Phi) is 4.88. The van der Waals surface area contributed by atoms with Crippen LogP contribution >= 0.6 is 0 Å². The van der Waals surface area contributed by atoms with Gasteiger partial charge in [-0.3, -0.25) is 0 Å². The van der Waals surface area contributed by atoms with Gasteiger partial charge in [-0.15, -0.1) is 0 Å². The highest BCUT2D eigenvalue weighted by atomic mass is 16.5. The first kappa shape index (κ1) is 8.21. The number of ether oxygens (including phenoxy) is 1. The van der Waals surface area contributed by atoms with Gasteiger partial charge in [0, 0.05) is 0 Å². The summed E-state index contributed by atoms with van der Waals surface area (Å²) in [5.41, 5.74) is 1.12. The van der Waals surface area contributed by atoms with Gasteiger partial charge in [-0.1, -0.05) is 13.0 Å². The van der Waals surface area contributed by atoms with E-state index >= 15 is 0 Å². The van der Waals surface area contributed by atoms with Crippen molar-refractivity contribution in [3.05, 3.63) is 11.6 Å². The van der Waals surface area contributed by atoms with Crippen LogP contribution in [0.25, 0.3) is 0 Å². The Morgan fingerprint density at radius 3 is 2.78 bits per heavy atom. The molecule has 0 rings (SSSR count). The van der Waals surface area contributed by atoms with Gasteiger partial charge in [-0.25, -0.2) is 4.79 Å². The summed E-state index contributed by atoms with van der Waals surface area (Å²) in [4.78, 5) is 9.57. The van der Waals surface area contributed by atoms with Crippen LogP contribution in [-0.2, 0) is 9.53 Å². The third-order valence-corrected chi connectivity index (χ3v) is 1.18. The molecule has 0 unspecified atom stereocenters. The molecule has 0 atom stereocenters. The Balaban J connectivity index is 3.44. The second-order valence-corrected chi connectivity index (χ2v) is 1.67. The molecule has 0 aliphatic carbocycles. The van der Waals surface area contributed by atoms with E-state index in [9.17, 15) is 4.79 Å². The molecule has 9 heavy (non-hydrogen) atoms. The maximum Gasteiger partial charge on any atom is 0.417 e. The molecule has 0 fully saturated rings. The minimum atomic E-state index is 0.385. The predicted octanol–water partition coefficient (Wildman–Crippen LogP) is 1.43. The Bertz CT molecular complexity index is 105. The quantitative estimate of drug-likeness (QED) is 0.534. The second kappa shape index (κ2) is 5.35. The zero-order chi connectivity index (χ0) is 7.11. The van der Waals surface area contributed by atoms with Gasteiger partial charge in [0.2, 0.25) is 0 Å². The average Bonchev–Trinajstić information content (AvgIpc) is 1.91. The molecule has 2 nitrogen and oxygen atoms in total. The molecule has 1 radical (unpaired) electrons. The summed E-state index contributed by atoms with van der Waals surface area (Å²) in [5.74, 6) is 0. The van der Waals surface area contributed by atoms with Crippen LogP contribution in [0.15, 0.2) is 11.6 Å². The maximum atomic E-state index is 9.57. The lowest BCUT2D eigenvalue weighted by Crippen LogP contribution is -1.94. The van der Waals surface area contributed by atoms with Crippen LogP contribution in [0.4, 0.5) is 0 Å². The summed E-state index contributed by atoms with van der Waals surface area (Å²) in [6.45, 7) is 5.70. The summed E-state index contributed by atoms with van der Waals surface area (Å²) >= 11 is 0. The monoisotopic (exact) mass is 127 g/mol. The van der Waals surface area contributed by atoms with Gasteiger partial charge in [0.15, 0.2) is 0 Å². The van der Waals surface area contributed by atoms with Crippen molar-refractivity contribution in [1.29, 1.82) is 0 Å². The highest BCUT2D eigenvalue weighted by Gasteiger charge is 1.90. The molecule has 0 aliphatic rings. The first-order valence-electron chi connectivity index (χ1n) is 2.98. The third-order valence-electron chi connectivity index (χ3n) is 1.18. The first-order chi connectivity index (χ1) is 4.35. The van der Waals surface area contributed by atoms with Crippen molar-refractivity contribution in [2.24, 2.45) is 0 Å². The summed E-state index contributed by atoms with van der Waals surface area (Å²) in [6, 6.07) is 0. The Hall–Kier alpha value is -0.790. The van der Waals surface area contributed by atoms with E-state index < -0.39 is 0 Å². The van der Waals surface area contributed by atoms with Crippen LogP contribution in [0.5, 0.6) is 0 Å². The fraction of sp³-hybridized carbons (Fsp3) is 0.571. The van der Waals surface area contributed by atoms with Crippen molar-refractivity contribution in [3.63, 3.8) is 0 Å². The molecule has 0 aromatic heterocycles. The smallest absolute Gasteiger partial charge is 0.417 e. The summed E-state index contributed by atoms with van der Waals surface area (Å²) < 4.78 is 4.40. The second-order valence-electron chi connectivity index (χ2n) is 1.67. The van der Waals surface area contributed by atoms with Crippen LogP contribution in [0, 0.1) is 0 Å². The van der Waals surface area contributed by atoms with Crippen LogP contribution in [0.3, 0.4) is 0 Å². The molecule has 0 spiro atoms. The molecule has 0 aliphatic heterocycles. The fourth-order valence-electron chi connectivity index (χ4n) is 0.512. The van der Waals surface area contributed by atoms with E-state index in [4.69, 9.17) is 0 Å². The molecule has 0 aromatic carbocycles. The van der Waals surface area contributed by atoms with Crippen molar-refractivity contribution >= 4 is 6.47 Å². The standard InChI is InChI=1S/C7H11O2/c1-3-7(4-2)5-9-6-8/h3H,4-5H2,1-2H3. The van der Waals surface area contributed by atoms with Gasteiger partial charge in [0.05, 0.1) is 0 Å². The highest BCUT2D eigenvalue weighted by Crippen LogP contribution is 1.98. The number of carbonyl (C=O) groups excluding carboxylic acids is 1. The predicted molar refractivity (Wildman–Crippen MR) is 35.7 cm³/mol. The number of allylic oxidation sites excluding steroid dienone is 1. The van der Waals surface area contributed by atoms with Crippen LogP contribution in [-0.4, -0.2) is 13.1 Å². The van der Waals surface area contributed by atoms with E-state index in [-0.39, 0.29) is 0 Å². The lowest BCUT2D eigenvalue weighted by atomic mass is 10.2. The topological polar surface area (TPSA) is 26.3 Å². The van der Waals surface area contributed by atoms with Crippen molar-refractivity contribution in [1.82, 2.24) is 0 Å². The fourth-order valence-corrected chi connectivity index (χ4v) is 0.512. The molecular formula is C7H11O2. The zero-order valence-electron chi connectivity index (χ0n) is 5.81. The molecule has 0 N–H and O–H groups in total. The van der Waals surface area contributed by atoms with Gasteiger partial charge in [0.1, 0.15) is 6.61 Å². The Labute approximate surface area is 55.5 Å². The molecule has 0 saturated heterocycles. The summed E-state index contributed by atoms with van der Waals surface area (Å²) in [5, 5.41) is 0. The lowest BCUT2D eigenvalue weighted by Gasteiger charge is -1.98. The van der Waals surface area contributed by atoms with Gasteiger partial charge >= 0.3 is 6.47 Å². The minimum absolute atomic E-state index is 0.385. The Morgan fingerprint density at radius 1 is 1.78 bits per heavy atom. The van der Waals surface area contributed by atoms with Crippen molar-refractivity contribution in [2.45, 2.75) is 20.3 Å². The third kappa shape index (κ3) is 3.76. The lowest BCUT2D eigenvalue weighted by molar-refractivity contribution is 0.303. The summed E-state index contributed by atoms with van der Waals surface area (Å²) in [7, 11) is 0. The van der Waals surface area contributed by atoms with E-state index in [1.165, 1.54) is 6.47 Å². The number of hydrogen-bond donors (Lipinski definition) is 0.